The lowest BCUT2D eigenvalue weighted by Gasteiger charge is -2.11. The van der Waals surface area contributed by atoms with Crippen molar-refractivity contribution in [2.75, 3.05) is 11.5 Å². The molecular weight excluding hydrogens is 162 g/mol. The summed E-state index contributed by atoms with van der Waals surface area (Å²) in [6.07, 6.45) is 0. The molecule has 56 valence electrons. The van der Waals surface area contributed by atoms with Crippen LogP contribution in [0.15, 0.2) is 0 Å². The van der Waals surface area contributed by atoms with E-state index in [0.717, 1.165) is 0 Å². The molecule has 0 aliphatic rings. The van der Waals surface area contributed by atoms with Crippen LogP contribution in [0.25, 0.3) is 0 Å². The number of thioether (sulfide) groups is 2. The predicted octanol–water partition coefficient (Wildman–Crippen LogP) is 3.04. The normalized spacial score (nSPS) is 12.0. The van der Waals surface area contributed by atoms with Crippen LogP contribution >= 0.6 is 23.5 Å². The van der Waals surface area contributed by atoms with E-state index in [4.69, 9.17) is 0 Å². The van der Waals surface area contributed by atoms with Crippen molar-refractivity contribution in [3.05, 3.63) is 0 Å². The molecule has 0 rings (SSSR count). The van der Waals surface area contributed by atoms with E-state index in [0.29, 0.717) is 35.0 Å². The highest BCUT2D eigenvalue weighted by atomic mass is 32.2. The lowest BCUT2D eigenvalue weighted by molar-refractivity contribution is 0.212. The average molecular weight is 172 g/mol. The molecule has 0 radical (unpaired) electrons. The summed E-state index contributed by atoms with van der Waals surface area (Å²) in [6.45, 7) is 3.46. The van der Waals surface area contributed by atoms with Gasteiger partial charge in [0.1, 0.15) is 0 Å². The number of rotatable bonds is 4. The van der Waals surface area contributed by atoms with Crippen LogP contribution in [-0.4, -0.2) is 16.1 Å². The SMILES string of the molecule is CCSC(F)(F)SCC. The van der Waals surface area contributed by atoms with Crippen molar-refractivity contribution in [2.24, 2.45) is 0 Å². The maximum atomic E-state index is 12.4. The Labute approximate surface area is 62.8 Å². The monoisotopic (exact) mass is 172 g/mol. The molecular formula is C5H10F2S2. The number of hydrogen-bond donors (Lipinski definition) is 0. The van der Waals surface area contributed by atoms with Crippen molar-refractivity contribution in [1.82, 2.24) is 0 Å². The summed E-state index contributed by atoms with van der Waals surface area (Å²) in [5, 5.41) is 0. The van der Waals surface area contributed by atoms with Gasteiger partial charge in [-0.05, 0) is 11.5 Å². The third kappa shape index (κ3) is 5.03. The first-order valence-corrected chi connectivity index (χ1v) is 4.75. The third-order valence-electron chi connectivity index (χ3n) is 0.625. The van der Waals surface area contributed by atoms with Gasteiger partial charge in [-0.1, -0.05) is 37.4 Å². The first-order valence-electron chi connectivity index (χ1n) is 2.78. The smallest absolute Gasteiger partial charge is 0.182 e. The lowest BCUT2D eigenvalue weighted by atomic mass is 11.0. The predicted molar refractivity (Wildman–Crippen MR) is 41.2 cm³/mol. The summed E-state index contributed by atoms with van der Waals surface area (Å²) >= 11 is 1.38. The summed E-state index contributed by atoms with van der Waals surface area (Å²) in [5.41, 5.74) is 0. The molecule has 0 atom stereocenters. The van der Waals surface area contributed by atoms with Gasteiger partial charge < -0.3 is 0 Å². The fraction of sp³-hybridized carbons (Fsp3) is 1.00. The van der Waals surface area contributed by atoms with Gasteiger partial charge in [-0.15, -0.1) is 0 Å². The molecule has 0 saturated carbocycles. The molecule has 0 aromatic carbocycles. The van der Waals surface area contributed by atoms with E-state index in [-0.39, 0.29) is 0 Å². The van der Waals surface area contributed by atoms with Crippen LogP contribution in [0.1, 0.15) is 13.8 Å². The first-order chi connectivity index (χ1) is 4.12. The van der Waals surface area contributed by atoms with Gasteiger partial charge >= 0.3 is 4.59 Å². The van der Waals surface area contributed by atoms with E-state index < -0.39 is 4.59 Å². The van der Waals surface area contributed by atoms with E-state index in [1.807, 2.05) is 0 Å². The molecule has 0 spiro atoms. The zero-order valence-electron chi connectivity index (χ0n) is 5.49. The summed E-state index contributed by atoms with van der Waals surface area (Å²) in [4.78, 5) is 0. The second kappa shape index (κ2) is 4.39. The molecule has 0 heterocycles. The standard InChI is InChI=1S/C5H10F2S2/c1-3-8-5(6,7)9-4-2/h3-4H2,1-2H3. The minimum Gasteiger partial charge on any atom is -0.182 e. The van der Waals surface area contributed by atoms with Gasteiger partial charge in [0, 0.05) is 0 Å². The van der Waals surface area contributed by atoms with Crippen molar-refractivity contribution in [2.45, 2.75) is 18.4 Å². The Morgan fingerprint density at radius 1 is 1.11 bits per heavy atom. The van der Waals surface area contributed by atoms with Gasteiger partial charge in [-0.25, -0.2) is 0 Å². The van der Waals surface area contributed by atoms with Crippen LogP contribution in [0.4, 0.5) is 8.78 Å². The third-order valence-corrected chi connectivity index (χ3v) is 2.58. The highest BCUT2D eigenvalue weighted by molar-refractivity contribution is 8.17. The highest BCUT2D eigenvalue weighted by Gasteiger charge is 2.27. The Morgan fingerprint density at radius 2 is 1.44 bits per heavy atom. The van der Waals surface area contributed by atoms with Crippen molar-refractivity contribution < 1.29 is 8.78 Å². The Hall–Kier alpha value is 0.560. The maximum Gasteiger partial charge on any atom is 0.341 e. The molecule has 0 aliphatic heterocycles. The number of hydrogen-bond acceptors (Lipinski definition) is 2. The van der Waals surface area contributed by atoms with E-state index in [1.165, 1.54) is 0 Å². The fourth-order valence-corrected chi connectivity index (χ4v) is 2.09. The topological polar surface area (TPSA) is 0 Å². The van der Waals surface area contributed by atoms with Gasteiger partial charge in [0.25, 0.3) is 0 Å². The highest BCUT2D eigenvalue weighted by Crippen LogP contribution is 2.39. The molecule has 0 aliphatic carbocycles. The number of alkyl halides is 2. The van der Waals surface area contributed by atoms with Gasteiger partial charge in [0.15, 0.2) is 0 Å². The second-order valence-electron chi connectivity index (χ2n) is 1.33. The van der Waals surface area contributed by atoms with E-state index in [9.17, 15) is 8.78 Å². The lowest BCUT2D eigenvalue weighted by Crippen LogP contribution is -2.04. The Balaban J connectivity index is 3.43. The van der Waals surface area contributed by atoms with Gasteiger partial charge in [-0.3, -0.25) is 0 Å². The molecule has 0 nitrogen and oxygen atoms in total. The number of halogens is 2. The van der Waals surface area contributed by atoms with Crippen molar-refractivity contribution in [3.8, 4) is 0 Å². The quantitative estimate of drug-likeness (QED) is 0.598. The molecule has 0 fully saturated rings. The summed E-state index contributed by atoms with van der Waals surface area (Å²) < 4.78 is 22.1. The van der Waals surface area contributed by atoms with Crippen LogP contribution in [0, 0.1) is 0 Å². The zero-order chi connectivity index (χ0) is 7.33. The van der Waals surface area contributed by atoms with Crippen LogP contribution in [0.5, 0.6) is 0 Å². The van der Waals surface area contributed by atoms with Crippen molar-refractivity contribution in [3.63, 3.8) is 0 Å². The molecule has 4 heteroatoms. The molecule has 0 unspecified atom stereocenters. The molecule has 0 aromatic rings. The Bertz CT molecular complexity index is 67.4. The minimum absolute atomic E-state index is 0.472. The summed E-state index contributed by atoms with van der Waals surface area (Å²) in [7, 11) is 0. The Kier molecular flexibility index (Phi) is 4.66. The molecule has 0 aromatic heterocycles. The van der Waals surface area contributed by atoms with Gasteiger partial charge in [0.05, 0.1) is 0 Å². The van der Waals surface area contributed by atoms with Crippen LogP contribution in [0.3, 0.4) is 0 Å². The van der Waals surface area contributed by atoms with Gasteiger partial charge in [-0.2, -0.15) is 8.78 Å². The zero-order valence-corrected chi connectivity index (χ0v) is 7.12. The first kappa shape index (κ1) is 9.56. The van der Waals surface area contributed by atoms with Crippen molar-refractivity contribution >= 4 is 23.5 Å². The fourth-order valence-electron chi connectivity index (χ4n) is 0.378. The molecule has 0 amide bonds. The van der Waals surface area contributed by atoms with Gasteiger partial charge in [0.2, 0.25) is 0 Å². The molecule has 0 N–H and O–H groups in total. The largest absolute Gasteiger partial charge is 0.341 e. The maximum absolute atomic E-state index is 12.4. The Morgan fingerprint density at radius 3 is 1.67 bits per heavy atom. The second-order valence-corrected chi connectivity index (χ2v) is 4.35. The van der Waals surface area contributed by atoms with Crippen LogP contribution < -0.4 is 0 Å². The van der Waals surface area contributed by atoms with E-state index in [1.54, 1.807) is 13.8 Å². The van der Waals surface area contributed by atoms with Crippen molar-refractivity contribution in [1.29, 1.82) is 0 Å². The van der Waals surface area contributed by atoms with Crippen LogP contribution in [0.2, 0.25) is 0 Å². The molecule has 0 saturated heterocycles. The van der Waals surface area contributed by atoms with Crippen LogP contribution in [-0.2, 0) is 0 Å². The van der Waals surface area contributed by atoms with E-state index in [2.05, 4.69) is 0 Å². The molecule has 9 heavy (non-hydrogen) atoms. The minimum atomic E-state index is -2.57. The summed E-state index contributed by atoms with van der Waals surface area (Å²) in [6, 6.07) is 0. The van der Waals surface area contributed by atoms with E-state index >= 15 is 0 Å². The summed E-state index contributed by atoms with van der Waals surface area (Å²) in [5.74, 6) is 0.944. The molecule has 0 bridgehead atoms. The average Bonchev–Trinajstić information content (AvgIpc) is 1.64.